The second-order valence-electron chi connectivity index (χ2n) is 3.02. The number of halogens is 1. The van der Waals surface area contributed by atoms with Crippen LogP contribution in [-0.2, 0) is 4.79 Å². The summed E-state index contributed by atoms with van der Waals surface area (Å²) in [7, 11) is 0. The van der Waals surface area contributed by atoms with Gasteiger partial charge >= 0.3 is 0 Å². The van der Waals surface area contributed by atoms with Crippen LogP contribution in [0.2, 0.25) is 0 Å². The van der Waals surface area contributed by atoms with Gasteiger partial charge in [0, 0.05) is 18.2 Å². The molecule has 0 aromatic carbocycles. The Hall–Kier alpha value is -0.300. The number of fused-ring (bicyclic) bond motifs is 1. The lowest BCUT2D eigenvalue weighted by Crippen LogP contribution is -2.25. The van der Waals surface area contributed by atoms with Crippen LogP contribution in [0.1, 0.15) is 12.8 Å². The van der Waals surface area contributed by atoms with Gasteiger partial charge in [-0.05, 0) is 17.9 Å². The van der Waals surface area contributed by atoms with Crippen LogP contribution in [0.5, 0.6) is 0 Å². The number of carbonyl (C=O) groups excluding carboxylic acids is 1. The Morgan fingerprint density at radius 1 is 1.70 bits per heavy atom. The van der Waals surface area contributed by atoms with E-state index in [0.29, 0.717) is 17.6 Å². The Balaban J connectivity index is 2.19. The van der Waals surface area contributed by atoms with Gasteiger partial charge in [0.25, 0.3) is 0 Å². The molecule has 2 heteroatoms. The number of alkyl halides is 1. The zero-order chi connectivity index (χ0) is 7.14. The number of carbonyl (C=O) groups is 1. The molecule has 0 N–H and O–H groups in total. The first-order chi connectivity index (χ1) is 4.83. The molecular weight excluding hydrogens is 148 g/mol. The molecule has 2 rings (SSSR count). The van der Waals surface area contributed by atoms with Crippen molar-refractivity contribution in [1.82, 2.24) is 0 Å². The van der Waals surface area contributed by atoms with Gasteiger partial charge in [-0.1, -0.05) is 6.08 Å². The first-order valence-corrected chi connectivity index (χ1v) is 4.15. The molecule has 2 aliphatic carbocycles. The summed E-state index contributed by atoms with van der Waals surface area (Å²) in [5.41, 5.74) is 1.16. The fourth-order valence-corrected chi connectivity index (χ4v) is 2.17. The zero-order valence-electron chi connectivity index (χ0n) is 5.64. The highest BCUT2D eigenvalue weighted by atomic mass is 35.5. The molecule has 54 valence electrons. The minimum atomic E-state index is 0.234. The molecule has 0 aromatic rings. The lowest BCUT2D eigenvalue weighted by Gasteiger charge is -2.27. The lowest BCUT2D eigenvalue weighted by atomic mass is 9.78. The van der Waals surface area contributed by atoms with Crippen LogP contribution in [0.25, 0.3) is 0 Å². The van der Waals surface area contributed by atoms with Crippen molar-refractivity contribution < 1.29 is 4.79 Å². The molecule has 10 heavy (non-hydrogen) atoms. The molecule has 1 fully saturated rings. The Bertz CT molecular complexity index is 207. The third-order valence-electron chi connectivity index (χ3n) is 2.48. The van der Waals surface area contributed by atoms with Crippen LogP contribution in [0.3, 0.4) is 0 Å². The van der Waals surface area contributed by atoms with Gasteiger partial charge in [0.15, 0.2) is 0 Å². The van der Waals surface area contributed by atoms with Crippen LogP contribution >= 0.6 is 11.6 Å². The summed E-state index contributed by atoms with van der Waals surface area (Å²) in [5, 5.41) is 0. The Kier molecular flexibility index (Phi) is 1.34. The molecule has 0 bridgehead atoms. The molecule has 2 aliphatic rings. The van der Waals surface area contributed by atoms with E-state index in [0.717, 1.165) is 18.4 Å². The van der Waals surface area contributed by atoms with E-state index in [2.05, 4.69) is 6.08 Å². The molecule has 1 saturated carbocycles. The van der Waals surface area contributed by atoms with Crippen LogP contribution in [-0.4, -0.2) is 11.7 Å². The quantitative estimate of drug-likeness (QED) is 0.418. The van der Waals surface area contributed by atoms with Crippen molar-refractivity contribution in [3.05, 3.63) is 11.6 Å². The summed E-state index contributed by atoms with van der Waals surface area (Å²) in [6, 6.07) is 0. The van der Waals surface area contributed by atoms with Crippen LogP contribution in [0, 0.1) is 11.8 Å². The fraction of sp³-hybridized carbons (Fsp3) is 0.625. The monoisotopic (exact) mass is 156 g/mol. The number of rotatable bonds is 1. The minimum absolute atomic E-state index is 0.234. The van der Waals surface area contributed by atoms with Crippen LogP contribution < -0.4 is 0 Å². The molecule has 0 aromatic heterocycles. The second kappa shape index (κ2) is 2.09. The summed E-state index contributed by atoms with van der Waals surface area (Å²) in [5.74, 6) is 1.74. The highest BCUT2D eigenvalue weighted by Gasteiger charge is 2.41. The number of allylic oxidation sites excluding steroid dienone is 2. The number of Topliss-reactive ketones (excluding diaryl/α,β-unsaturated/α-hetero) is 1. The molecular formula is C8H9ClO. The predicted molar refractivity (Wildman–Crippen MR) is 40.0 cm³/mol. The fourth-order valence-electron chi connectivity index (χ4n) is 1.92. The van der Waals surface area contributed by atoms with Gasteiger partial charge < -0.3 is 0 Å². The van der Waals surface area contributed by atoms with Crippen LogP contribution in [0.15, 0.2) is 11.6 Å². The molecule has 1 nitrogen and oxygen atoms in total. The third kappa shape index (κ3) is 0.671. The van der Waals surface area contributed by atoms with E-state index in [9.17, 15) is 4.79 Å². The summed E-state index contributed by atoms with van der Waals surface area (Å²) in [6.45, 7) is 0. The smallest absolute Gasteiger partial charge is 0.140 e. The molecule has 0 radical (unpaired) electrons. The summed E-state index contributed by atoms with van der Waals surface area (Å²) >= 11 is 5.61. The van der Waals surface area contributed by atoms with Gasteiger partial charge in [-0.3, -0.25) is 4.79 Å². The molecule has 0 saturated heterocycles. The summed E-state index contributed by atoms with van der Waals surface area (Å²) in [6.07, 6.45) is 3.98. The minimum Gasteiger partial charge on any atom is -0.299 e. The highest BCUT2D eigenvalue weighted by molar-refractivity contribution is 6.20. The van der Waals surface area contributed by atoms with Crippen molar-refractivity contribution >= 4 is 17.4 Å². The van der Waals surface area contributed by atoms with E-state index in [1.54, 1.807) is 0 Å². The molecule has 0 aliphatic heterocycles. The highest BCUT2D eigenvalue weighted by Crippen LogP contribution is 2.43. The Morgan fingerprint density at radius 2 is 2.50 bits per heavy atom. The van der Waals surface area contributed by atoms with Crippen molar-refractivity contribution in [2.75, 3.05) is 5.88 Å². The normalized spacial score (nSPS) is 36.9. The molecule has 0 unspecified atom stereocenters. The van der Waals surface area contributed by atoms with Gasteiger partial charge in [0.2, 0.25) is 0 Å². The summed E-state index contributed by atoms with van der Waals surface area (Å²) < 4.78 is 0. The van der Waals surface area contributed by atoms with Crippen molar-refractivity contribution in [2.24, 2.45) is 11.8 Å². The average molecular weight is 157 g/mol. The van der Waals surface area contributed by atoms with Gasteiger partial charge in [-0.2, -0.15) is 0 Å². The van der Waals surface area contributed by atoms with Crippen molar-refractivity contribution in [3.8, 4) is 0 Å². The van der Waals surface area contributed by atoms with Gasteiger partial charge in [-0.25, -0.2) is 0 Å². The van der Waals surface area contributed by atoms with E-state index < -0.39 is 0 Å². The van der Waals surface area contributed by atoms with Gasteiger partial charge in [-0.15, -0.1) is 11.6 Å². The predicted octanol–water partition coefficient (Wildman–Crippen LogP) is 1.76. The van der Waals surface area contributed by atoms with Crippen molar-refractivity contribution in [1.29, 1.82) is 0 Å². The van der Waals surface area contributed by atoms with Gasteiger partial charge in [0.1, 0.15) is 5.78 Å². The van der Waals surface area contributed by atoms with Crippen molar-refractivity contribution in [3.63, 3.8) is 0 Å². The van der Waals surface area contributed by atoms with E-state index >= 15 is 0 Å². The standard InChI is InChI=1S/C8H9ClO/c9-4-6-3-5-1-2-7(10)8(5)6/h3,5,8H,1-2,4H2/t5-,8-/m0/s1. The number of hydrogen-bond acceptors (Lipinski definition) is 1. The van der Waals surface area contributed by atoms with E-state index in [1.807, 2.05) is 0 Å². The summed E-state index contributed by atoms with van der Waals surface area (Å²) in [4.78, 5) is 11.1. The Morgan fingerprint density at radius 3 is 3.10 bits per heavy atom. The number of hydrogen-bond donors (Lipinski definition) is 0. The maximum Gasteiger partial charge on any atom is 0.140 e. The second-order valence-corrected chi connectivity index (χ2v) is 3.29. The first-order valence-electron chi connectivity index (χ1n) is 3.62. The zero-order valence-corrected chi connectivity index (χ0v) is 6.40. The first kappa shape index (κ1) is 6.41. The maximum atomic E-state index is 11.1. The average Bonchev–Trinajstić information content (AvgIpc) is 2.09. The van der Waals surface area contributed by atoms with E-state index in [4.69, 9.17) is 11.6 Å². The van der Waals surface area contributed by atoms with Crippen LogP contribution in [0.4, 0.5) is 0 Å². The lowest BCUT2D eigenvalue weighted by molar-refractivity contribution is -0.120. The molecule has 2 atom stereocenters. The SMILES string of the molecule is O=C1CC[C@H]2C=C(CCl)[C@@H]12. The molecule has 0 heterocycles. The topological polar surface area (TPSA) is 17.1 Å². The van der Waals surface area contributed by atoms with E-state index in [-0.39, 0.29) is 5.92 Å². The van der Waals surface area contributed by atoms with Gasteiger partial charge in [0.05, 0.1) is 0 Å². The molecule has 0 spiro atoms. The third-order valence-corrected chi connectivity index (χ3v) is 2.79. The largest absolute Gasteiger partial charge is 0.299 e. The maximum absolute atomic E-state index is 11.1. The van der Waals surface area contributed by atoms with E-state index in [1.165, 1.54) is 0 Å². The molecule has 0 amide bonds. The van der Waals surface area contributed by atoms with Crippen molar-refractivity contribution in [2.45, 2.75) is 12.8 Å². The Labute approximate surface area is 65.1 Å². The number of ketones is 1.